The zero-order valence-corrected chi connectivity index (χ0v) is 10.5. The number of halogens is 1. The molecule has 0 unspecified atom stereocenters. The minimum absolute atomic E-state index is 0.167. The van der Waals surface area contributed by atoms with Gasteiger partial charge in [-0.3, -0.25) is 9.59 Å². The van der Waals surface area contributed by atoms with Crippen molar-refractivity contribution in [1.29, 1.82) is 0 Å². The minimum Gasteiger partial charge on any atom is -0.468 e. The van der Waals surface area contributed by atoms with E-state index in [9.17, 15) is 14.0 Å². The van der Waals surface area contributed by atoms with Gasteiger partial charge in [-0.2, -0.15) is 0 Å². The fourth-order valence-corrected chi connectivity index (χ4v) is 2.07. The Hall–Kier alpha value is -1.95. The van der Waals surface area contributed by atoms with E-state index in [0.29, 0.717) is 13.0 Å². The molecule has 1 aromatic rings. The zero-order valence-electron chi connectivity index (χ0n) is 10.5. The molecule has 0 bridgehead atoms. The third kappa shape index (κ3) is 3.29. The number of methoxy groups -OCH3 is 1. The maximum Gasteiger partial charge on any atom is 0.322 e. The molecule has 0 aromatic heterocycles. The smallest absolute Gasteiger partial charge is 0.322 e. The molecule has 102 valence electrons. The highest BCUT2D eigenvalue weighted by molar-refractivity contribution is 5.94. The number of carbonyl (C=O) groups is 2. The van der Waals surface area contributed by atoms with Crippen LogP contribution in [-0.4, -0.2) is 37.6 Å². The van der Waals surface area contributed by atoms with Gasteiger partial charge in [0.1, 0.15) is 11.9 Å². The van der Waals surface area contributed by atoms with Crippen LogP contribution in [0.2, 0.25) is 0 Å². The zero-order chi connectivity index (χ0) is 13.8. The summed E-state index contributed by atoms with van der Waals surface area (Å²) < 4.78 is 17.6. The van der Waals surface area contributed by atoms with Crippen LogP contribution in [-0.2, 0) is 9.53 Å². The van der Waals surface area contributed by atoms with Crippen molar-refractivity contribution in [1.82, 2.24) is 10.6 Å². The average molecular weight is 266 g/mol. The maximum atomic E-state index is 13.0. The van der Waals surface area contributed by atoms with Gasteiger partial charge in [0.15, 0.2) is 0 Å². The molecule has 0 spiro atoms. The van der Waals surface area contributed by atoms with Gasteiger partial charge < -0.3 is 15.4 Å². The van der Waals surface area contributed by atoms with Gasteiger partial charge in [0, 0.05) is 18.2 Å². The number of rotatable bonds is 3. The van der Waals surface area contributed by atoms with Gasteiger partial charge in [0.2, 0.25) is 0 Å². The van der Waals surface area contributed by atoms with Crippen LogP contribution >= 0.6 is 0 Å². The van der Waals surface area contributed by atoms with E-state index in [1.165, 1.54) is 25.3 Å². The lowest BCUT2D eigenvalue weighted by Gasteiger charge is -2.11. The van der Waals surface area contributed by atoms with Crippen molar-refractivity contribution in [2.24, 2.45) is 0 Å². The second kappa shape index (κ2) is 5.79. The monoisotopic (exact) mass is 266 g/mol. The molecule has 2 N–H and O–H groups in total. The van der Waals surface area contributed by atoms with Gasteiger partial charge >= 0.3 is 5.97 Å². The van der Waals surface area contributed by atoms with Gasteiger partial charge in [0.25, 0.3) is 5.91 Å². The van der Waals surface area contributed by atoms with E-state index in [-0.39, 0.29) is 23.5 Å². The molecule has 19 heavy (non-hydrogen) atoms. The van der Waals surface area contributed by atoms with Crippen LogP contribution in [0.4, 0.5) is 4.39 Å². The number of nitrogens with one attached hydrogen (secondary N) is 2. The van der Waals surface area contributed by atoms with E-state index in [4.69, 9.17) is 0 Å². The van der Waals surface area contributed by atoms with Crippen molar-refractivity contribution >= 4 is 11.9 Å². The second-order valence-corrected chi connectivity index (χ2v) is 4.40. The number of carbonyl (C=O) groups excluding carboxylic acids is 2. The van der Waals surface area contributed by atoms with Crippen molar-refractivity contribution in [3.8, 4) is 0 Å². The highest BCUT2D eigenvalue weighted by atomic mass is 19.1. The summed E-state index contributed by atoms with van der Waals surface area (Å²) in [6.45, 7) is 0.487. The van der Waals surface area contributed by atoms with E-state index in [0.717, 1.165) is 0 Å². The lowest BCUT2D eigenvalue weighted by Crippen LogP contribution is -2.36. The summed E-state index contributed by atoms with van der Waals surface area (Å²) in [5.74, 6) is -1.15. The fourth-order valence-electron chi connectivity index (χ4n) is 2.07. The summed E-state index contributed by atoms with van der Waals surface area (Å²) in [7, 11) is 1.32. The van der Waals surface area contributed by atoms with Gasteiger partial charge in [-0.25, -0.2) is 4.39 Å². The van der Waals surface area contributed by atoms with E-state index >= 15 is 0 Å². The molecule has 1 fully saturated rings. The van der Waals surface area contributed by atoms with Crippen LogP contribution in [0, 0.1) is 5.82 Å². The van der Waals surface area contributed by atoms with Gasteiger partial charge in [-0.15, -0.1) is 0 Å². The summed E-state index contributed by atoms with van der Waals surface area (Å²) in [5.41, 5.74) is 0.265. The van der Waals surface area contributed by atoms with Gasteiger partial charge in [-0.05, 0) is 24.6 Å². The lowest BCUT2D eigenvalue weighted by atomic mass is 10.1. The Labute approximate surface area is 110 Å². The van der Waals surface area contributed by atoms with Crippen LogP contribution < -0.4 is 10.6 Å². The standard InChI is InChI=1S/C13H15FN2O3/c1-19-13(18)11-6-10(7-15-11)16-12(17)8-3-2-4-9(14)5-8/h2-5,10-11,15H,6-7H2,1H3,(H,16,17)/t10-,11+/m1/s1. The van der Waals surface area contributed by atoms with Gasteiger partial charge in [0.05, 0.1) is 7.11 Å². The van der Waals surface area contributed by atoms with E-state index in [1.807, 2.05) is 0 Å². The van der Waals surface area contributed by atoms with Crippen LogP contribution in [0.3, 0.4) is 0 Å². The Kier molecular flexibility index (Phi) is 4.11. The first kappa shape index (κ1) is 13.5. The first-order valence-corrected chi connectivity index (χ1v) is 5.98. The predicted octanol–water partition coefficient (Wildman–Crippen LogP) is 0.459. The Bertz CT molecular complexity index is 493. The first-order valence-electron chi connectivity index (χ1n) is 5.98. The van der Waals surface area contributed by atoms with Crippen LogP contribution in [0.15, 0.2) is 24.3 Å². The van der Waals surface area contributed by atoms with E-state index in [2.05, 4.69) is 15.4 Å². The maximum absolute atomic E-state index is 13.0. The van der Waals surface area contributed by atoms with Crippen LogP contribution in [0.5, 0.6) is 0 Å². The topological polar surface area (TPSA) is 67.4 Å². The SMILES string of the molecule is COC(=O)[C@@H]1C[C@@H](NC(=O)c2cccc(F)c2)CN1. The summed E-state index contributed by atoms with van der Waals surface area (Å²) in [4.78, 5) is 23.2. The van der Waals surface area contributed by atoms with Crippen LogP contribution in [0.25, 0.3) is 0 Å². The molecule has 1 aromatic carbocycles. The van der Waals surface area contributed by atoms with Crippen molar-refractivity contribution < 1.29 is 18.7 Å². The molecule has 1 saturated heterocycles. The molecular weight excluding hydrogens is 251 g/mol. The number of hydrogen-bond donors (Lipinski definition) is 2. The number of benzene rings is 1. The number of ether oxygens (including phenoxy) is 1. The molecular formula is C13H15FN2O3. The van der Waals surface area contributed by atoms with E-state index < -0.39 is 11.9 Å². The predicted molar refractivity (Wildman–Crippen MR) is 66.1 cm³/mol. The Balaban J connectivity index is 1.92. The quantitative estimate of drug-likeness (QED) is 0.780. The normalized spacial score (nSPS) is 22.0. The van der Waals surface area contributed by atoms with Crippen molar-refractivity contribution in [2.75, 3.05) is 13.7 Å². The molecule has 6 heteroatoms. The van der Waals surface area contributed by atoms with Crippen LogP contribution in [0.1, 0.15) is 16.8 Å². The summed E-state index contributed by atoms with van der Waals surface area (Å²) in [6, 6.07) is 4.91. The Morgan fingerprint density at radius 2 is 2.26 bits per heavy atom. The molecule has 0 radical (unpaired) electrons. The highest BCUT2D eigenvalue weighted by Crippen LogP contribution is 2.10. The molecule has 0 aliphatic carbocycles. The van der Waals surface area contributed by atoms with E-state index in [1.54, 1.807) is 6.07 Å². The van der Waals surface area contributed by atoms with Gasteiger partial charge in [-0.1, -0.05) is 6.07 Å². The first-order chi connectivity index (χ1) is 9.10. The second-order valence-electron chi connectivity index (χ2n) is 4.40. The highest BCUT2D eigenvalue weighted by Gasteiger charge is 2.30. The molecule has 2 rings (SSSR count). The summed E-state index contributed by atoms with van der Waals surface area (Å²) in [6.07, 6.45) is 0.466. The lowest BCUT2D eigenvalue weighted by molar-refractivity contribution is -0.142. The Morgan fingerprint density at radius 1 is 1.47 bits per heavy atom. The number of amides is 1. The number of esters is 1. The molecule has 1 heterocycles. The van der Waals surface area contributed by atoms with Crippen molar-refractivity contribution in [3.05, 3.63) is 35.6 Å². The Morgan fingerprint density at radius 3 is 2.95 bits per heavy atom. The third-order valence-corrected chi connectivity index (χ3v) is 3.04. The molecule has 1 aliphatic rings. The molecule has 0 saturated carbocycles. The largest absolute Gasteiger partial charge is 0.468 e. The number of hydrogen-bond acceptors (Lipinski definition) is 4. The summed E-state index contributed by atoms with van der Waals surface area (Å²) >= 11 is 0. The molecule has 5 nitrogen and oxygen atoms in total. The summed E-state index contributed by atoms with van der Waals surface area (Å²) in [5, 5.41) is 5.72. The third-order valence-electron chi connectivity index (χ3n) is 3.04. The molecule has 1 amide bonds. The molecule has 1 aliphatic heterocycles. The van der Waals surface area contributed by atoms with Crippen molar-refractivity contribution in [2.45, 2.75) is 18.5 Å². The molecule has 2 atom stereocenters. The average Bonchev–Trinajstić information content (AvgIpc) is 2.86. The minimum atomic E-state index is -0.454. The van der Waals surface area contributed by atoms with Crippen molar-refractivity contribution in [3.63, 3.8) is 0 Å². The fraction of sp³-hybridized carbons (Fsp3) is 0.385.